The number of carbonyl (C=O) groups excluding carboxylic acids is 1. The summed E-state index contributed by atoms with van der Waals surface area (Å²) in [6, 6.07) is 7.59. The zero-order valence-corrected chi connectivity index (χ0v) is 12.7. The Labute approximate surface area is 129 Å². The summed E-state index contributed by atoms with van der Waals surface area (Å²) in [6.45, 7) is 5.44. The van der Waals surface area contributed by atoms with Gasteiger partial charge < -0.3 is 14.5 Å². The lowest BCUT2D eigenvalue weighted by molar-refractivity contribution is -0.132. The van der Waals surface area contributed by atoms with Gasteiger partial charge in [0.25, 0.3) is 0 Å². The number of β-amino-alcohol motifs (C(OH)–C–C–N with tert-alkyl or cyclic N) is 1. The molecule has 0 aliphatic carbocycles. The number of carbonyl (C=O) groups is 1. The molecule has 2 aromatic rings. The number of fused-ring (bicyclic) bond motifs is 1. The number of aliphatic hydroxyl groups excluding tert-OH is 1. The van der Waals surface area contributed by atoms with E-state index in [4.69, 9.17) is 4.52 Å². The van der Waals surface area contributed by atoms with Crippen LogP contribution in [0.3, 0.4) is 0 Å². The Hall–Kier alpha value is -1.92. The minimum Gasteiger partial charge on any atom is -0.392 e. The van der Waals surface area contributed by atoms with Crippen molar-refractivity contribution in [1.29, 1.82) is 0 Å². The van der Waals surface area contributed by atoms with Crippen LogP contribution in [-0.2, 0) is 11.2 Å². The van der Waals surface area contributed by atoms with Crippen LogP contribution >= 0.6 is 0 Å². The summed E-state index contributed by atoms with van der Waals surface area (Å²) in [7, 11) is 0. The van der Waals surface area contributed by atoms with E-state index in [2.05, 4.69) is 10.1 Å². The summed E-state index contributed by atoms with van der Waals surface area (Å²) < 4.78 is 5.24. The van der Waals surface area contributed by atoms with Gasteiger partial charge in [0.2, 0.25) is 5.91 Å². The van der Waals surface area contributed by atoms with Crippen molar-refractivity contribution >= 4 is 16.9 Å². The number of aromatic nitrogens is 1. The fraction of sp³-hybridized carbons (Fsp3) is 0.500. The van der Waals surface area contributed by atoms with Crippen LogP contribution in [0.1, 0.15) is 12.6 Å². The number of para-hydroxylation sites is 1. The van der Waals surface area contributed by atoms with Crippen molar-refractivity contribution in [2.75, 3.05) is 32.7 Å². The maximum Gasteiger partial charge on any atom is 0.228 e. The molecule has 6 nitrogen and oxygen atoms in total. The Morgan fingerprint density at radius 2 is 2.05 bits per heavy atom. The largest absolute Gasteiger partial charge is 0.392 e. The molecule has 1 aromatic heterocycles. The predicted molar refractivity (Wildman–Crippen MR) is 82.4 cm³/mol. The molecule has 0 bridgehead atoms. The first-order valence-corrected chi connectivity index (χ1v) is 7.65. The first kappa shape index (κ1) is 15.0. The smallest absolute Gasteiger partial charge is 0.228 e. The standard InChI is InChI=1S/C16H21N3O3/c1-12(20)11-18-6-8-19(9-7-18)16(21)10-14-13-4-2-3-5-15(13)22-17-14/h2-5,12,20H,6-11H2,1H3/t12-/m0/s1. The number of aliphatic hydroxyl groups is 1. The molecule has 2 heterocycles. The van der Waals surface area contributed by atoms with Crippen LogP contribution in [0.5, 0.6) is 0 Å². The predicted octanol–water partition coefficient (Wildman–Crippen LogP) is 0.895. The molecule has 0 radical (unpaired) electrons. The fourth-order valence-electron chi connectivity index (χ4n) is 2.87. The van der Waals surface area contributed by atoms with E-state index in [1.54, 1.807) is 6.92 Å². The van der Waals surface area contributed by atoms with Gasteiger partial charge >= 0.3 is 0 Å². The zero-order valence-electron chi connectivity index (χ0n) is 12.7. The van der Waals surface area contributed by atoms with E-state index < -0.39 is 0 Å². The molecule has 1 aromatic carbocycles. The van der Waals surface area contributed by atoms with E-state index in [1.165, 1.54) is 0 Å². The van der Waals surface area contributed by atoms with E-state index >= 15 is 0 Å². The number of hydrogen-bond donors (Lipinski definition) is 1. The summed E-state index contributed by atoms with van der Waals surface area (Å²) in [5.74, 6) is 0.0794. The third kappa shape index (κ3) is 3.28. The van der Waals surface area contributed by atoms with E-state index in [9.17, 15) is 9.90 Å². The highest BCUT2D eigenvalue weighted by molar-refractivity contribution is 5.86. The van der Waals surface area contributed by atoms with E-state index in [0.29, 0.717) is 30.9 Å². The van der Waals surface area contributed by atoms with Crippen LogP contribution < -0.4 is 0 Å². The lowest BCUT2D eigenvalue weighted by Gasteiger charge is -2.35. The van der Waals surface area contributed by atoms with Crippen LogP contribution in [0.25, 0.3) is 11.0 Å². The average Bonchev–Trinajstić information content (AvgIpc) is 2.91. The molecule has 1 aliphatic rings. The van der Waals surface area contributed by atoms with Crippen LogP contribution in [0.15, 0.2) is 28.8 Å². The lowest BCUT2D eigenvalue weighted by atomic mass is 10.1. The molecular formula is C16H21N3O3. The van der Waals surface area contributed by atoms with Crippen molar-refractivity contribution in [3.05, 3.63) is 30.0 Å². The topological polar surface area (TPSA) is 69.8 Å². The SMILES string of the molecule is C[C@H](O)CN1CCN(C(=O)Cc2noc3ccccc23)CC1. The van der Waals surface area contributed by atoms with Gasteiger partial charge in [0.05, 0.1) is 12.5 Å². The van der Waals surface area contributed by atoms with Crippen molar-refractivity contribution in [3.8, 4) is 0 Å². The van der Waals surface area contributed by atoms with Gasteiger partial charge in [0, 0.05) is 38.1 Å². The van der Waals surface area contributed by atoms with Gasteiger partial charge in [0.1, 0.15) is 5.69 Å². The molecule has 0 saturated carbocycles. The highest BCUT2D eigenvalue weighted by atomic mass is 16.5. The summed E-state index contributed by atoms with van der Waals surface area (Å²) in [6.07, 6.45) is -0.0586. The van der Waals surface area contributed by atoms with Gasteiger partial charge in [-0.1, -0.05) is 17.3 Å². The molecule has 1 fully saturated rings. The average molecular weight is 303 g/mol. The molecule has 3 rings (SSSR count). The first-order valence-electron chi connectivity index (χ1n) is 7.65. The third-order valence-corrected chi connectivity index (χ3v) is 4.02. The highest BCUT2D eigenvalue weighted by Gasteiger charge is 2.23. The molecule has 0 spiro atoms. The molecule has 1 aliphatic heterocycles. The number of rotatable bonds is 4. The number of piperazine rings is 1. The van der Waals surface area contributed by atoms with Crippen molar-refractivity contribution in [2.24, 2.45) is 0 Å². The maximum absolute atomic E-state index is 12.4. The van der Waals surface area contributed by atoms with Crippen molar-refractivity contribution in [3.63, 3.8) is 0 Å². The molecular weight excluding hydrogens is 282 g/mol. The summed E-state index contributed by atoms with van der Waals surface area (Å²) in [5, 5.41) is 14.3. The van der Waals surface area contributed by atoms with Crippen LogP contribution in [0.2, 0.25) is 0 Å². The monoisotopic (exact) mass is 303 g/mol. The third-order valence-electron chi connectivity index (χ3n) is 4.02. The van der Waals surface area contributed by atoms with Crippen LogP contribution in [0.4, 0.5) is 0 Å². The van der Waals surface area contributed by atoms with Gasteiger partial charge in [0.15, 0.2) is 5.58 Å². The number of benzene rings is 1. The Bertz CT molecular complexity index is 645. The quantitative estimate of drug-likeness (QED) is 0.908. The minimum absolute atomic E-state index is 0.0794. The second kappa shape index (κ2) is 6.46. The van der Waals surface area contributed by atoms with E-state index in [1.807, 2.05) is 29.2 Å². The normalized spacial score (nSPS) is 17.8. The Balaban J connectivity index is 1.59. The van der Waals surface area contributed by atoms with Gasteiger partial charge in [-0.2, -0.15) is 0 Å². The van der Waals surface area contributed by atoms with Crippen LogP contribution in [0, 0.1) is 0 Å². The number of hydrogen-bond acceptors (Lipinski definition) is 5. The van der Waals surface area contributed by atoms with E-state index in [0.717, 1.165) is 18.5 Å². The molecule has 0 unspecified atom stereocenters. The zero-order chi connectivity index (χ0) is 15.5. The maximum atomic E-state index is 12.4. The summed E-state index contributed by atoms with van der Waals surface area (Å²) in [5.41, 5.74) is 1.42. The minimum atomic E-state index is -0.330. The van der Waals surface area contributed by atoms with Crippen LogP contribution in [-0.4, -0.2) is 64.8 Å². The highest BCUT2D eigenvalue weighted by Crippen LogP contribution is 2.19. The molecule has 22 heavy (non-hydrogen) atoms. The number of nitrogens with zero attached hydrogens (tertiary/aromatic N) is 3. The van der Waals surface area contributed by atoms with Crippen molar-refractivity contribution in [1.82, 2.24) is 15.0 Å². The first-order chi connectivity index (χ1) is 10.6. The van der Waals surface area contributed by atoms with Crippen molar-refractivity contribution in [2.45, 2.75) is 19.4 Å². The Morgan fingerprint density at radius 3 is 2.77 bits per heavy atom. The fourth-order valence-corrected chi connectivity index (χ4v) is 2.87. The van der Waals surface area contributed by atoms with Gasteiger partial charge in [-0.3, -0.25) is 9.69 Å². The second-order valence-electron chi connectivity index (χ2n) is 5.83. The lowest BCUT2D eigenvalue weighted by Crippen LogP contribution is -2.50. The van der Waals surface area contributed by atoms with Gasteiger partial charge in [-0.15, -0.1) is 0 Å². The molecule has 1 amide bonds. The summed E-state index contributed by atoms with van der Waals surface area (Å²) >= 11 is 0. The van der Waals surface area contributed by atoms with Gasteiger partial charge in [-0.05, 0) is 19.1 Å². The molecule has 1 saturated heterocycles. The summed E-state index contributed by atoms with van der Waals surface area (Å²) in [4.78, 5) is 16.5. The van der Waals surface area contributed by atoms with Gasteiger partial charge in [-0.25, -0.2) is 0 Å². The molecule has 1 N–H and O–H groups in total. The Morgan fingerprint density at radius 1 is 1.32 bits per heavy atom. The molecule has 6 heteroatoms. The second-order valence-corrected chi connectivity index (χ2v) is 5.83. The number of amides is 1. The molecule has 118 valence electrons. The molecule has 1 atom stereocenters. The van der Waals surface area contributed by atoms with Crippen molar-refractivity contribution < 1.29 is 14.4 Å². The van der Waals surface area contributed by atoms with E-state index in [-0.39, 0.29) is 18.4 Å². The Kier molecular flexibility index (Phi) is 4.40.